The number of nitrogens with zero attached hydrogens (tertiary/aromatic N) is 1. The number of hydrogen-bond acceptors (Lipinski definition) is 2. The zero-order chi connectivity index (χ0) is 7.68. The average Bonchev–Trinajstić information content (AvgIpc) is 2.46. The maximum atomic E-state index is 5.41. The van der Waals surface area contributed by atoms with Crippen molar-refractivity contribution in [1.29, 1.82) is 0 Å². The zero-order valence-corrected chi connectivity index (χ0v) is 6.10. The van der Waals surface area contributed by atoms with E-state index >= 15 is 0 Å². The summed E-state index contributed by atoms with van der Waals surface area (Å²) in [5.74, 6) is 0.649. The van der Waals surface area contributed by atoms with Crippen LogP contribution in [-0.2, 0) is 4.74 Å². The van der Waals surface area contributed by atoms with Gasteiger partial charge in [0.2, 0.25) is 5.90 Å². The van der Waals surface area contributed by atoms with E-state index in [2.05, 4.69) is 11.6 Å². The van der Waals surface area contributed by atoms with Crippen LogP contribution in [0.1, 0.15) is 0 Å². The maximum absolute atomic E-state index is 5.41. The van der Waals surface area contributed by atoms with Crippen molar-refractivity contribution >= 4 is 5.90 Å². The summed E-state index contributed by atoms with van der Waals surface area (Å²) in [6.45, 7) is 3.60. The first-order valence-corrected chi connectivity index (χ1v) is 3.62. The summed E-state index contributed by atoms with van der Waals surface area (Å²) in [5.41, 5.74) is 0. The molecule has 0 radical (unpaired) electrons. The lowest BCUT2D eigenvalue weighted by Gasteiger charge is -2.11. The van der Waals surface area contributed by atoms with Crippen LogP contribution >= 0.6 is 0 Å². The molecule has 2 aliphatic rings. The van der Waals surface area contributed by atoms with Gasteiger partial charge in [0.1, 0.15) is 12.1 Å². The SMILES string of the molecule is C=CC1=NC2C=CC=CC2O1. The van der Waals surface area contributed by atoms with E-state index < -0.39 is 0 Å². The van der Waals surface area contributed by atoms with Gasteiger partial charge in [-0.2, -0.15) is 0 Å². The Morgan fingerprint density at radius 2 is 2.27 bits per heavy atom. The van der Waals surface area contributed by atoms with E-state index in [0.717, 1.165) is 0 Å². The van der Waals surface area contributed by atoms with Gasteiger partial charge in [-0.1, -0.05) is 24.8 Å². The fourth-order valence-electron chi connectivity index (χ4n) is 1.22. The number of fused-ring (bicyclic) bond motifs is 1. The van der Waals surface area contributed by atoms with E-state index in [1.165, 1.54) is 0 Å². The van der Waals surface area contributed by atoms with Gasteiger partial charge in [-0.25, -0.2) is 4.99 Å². The zero-order valence-electron chi connectivity index (χ0n) is 6.10. The molecular formula is C9H9NO. The Morgan fingerprint density at radius 3 is 3.00 bits per heavy atom. The standard InChI is InChI=1S/C9H9NO/c1-2-9-10-7-5-3-4-6-8(7)11-9/h2-8H,1H2. The molecule has 56 valence electrons. The van der Waals surface area contributed by atoms with Crippen molar-refractivity contribution in [2.24, 2.45) is 4.99 Å². The molecule has 2 rings (SSSR count). The molecule has 0 aromatic heterocycles. The number of ether oxygens (including phenoxy) is 1. The third kappa shape index (κ3) is 1.00. The van der Waals surface area contributed by atoms with Crippen LogP contribution in [0.5, 0.6) is 0 Å². The molecule has 2 unspecified atom stereocenters. The molecule has 0 amide bonds. The van der Waals surface area contributed by atoms with Crippen molar-refractivity contribution < 1.29 is 4.74 Å². The van der Waals surface area contributed by atoms with Crippen molar-refractivity contribution in [1.82, 2.24) is 0 Å². The Balaban J connectivity index is 2.22. The van der Waals surface area contributed by atoms with Crippen LogP contribution in [0.25, 0.3) is 0 Å². The third-order valence-electron chi connectivity index (χ3n) is 1.76. The summed E-state index contributed by atoms with van der Waals surface area (Å²) in [6, 6.07) is 0.174. The first-order chi connectivity index (χ1) is 5.40. The second-order valence-corrected chi connectivity index (χ2v) is 2.51. The second-order valence-electron chi connectivity index (χ2n) is 2.51. The van der Waals surface area contributed by atoms with Crippen LogP contribution in [0.4, 0.5) is 0 Å². The first kappa shape index (κ1) is 6.40. The molecule has 0 bridgehead atoms. The molecular weight excluding hydrogens is 138 g/mol. The minimum absolute atomic E-state index is 0.105. The summed E-state index contributed by atoms with van der Waals surface area (Å²) < 4.78 is 5.41. The lowest BCUT2D eigenvalue weighted by Crippen LogP contribution is -2.19. The molecule has 0 spiro atoms. The van der Waals surface area contributed by atoms with E-state index in [1.807, 2.05) is 24.3 Å². The minimum atomic E-state index is 0.105. The molecule has 1 heterocycles. The molecule has 2 heteroatoms. The van der Waals surface area contributed by atoms with Gasteiger partial charge in [0.05, 0.1) is 0 Å². The second kappa shape index (κ2) is 2.38. The average molecular weight is 147 g/mol. The summed E-state index contributed by atoms with van der Waals surface area (Å²) >= 11 is 0. The fraction of sp³-hybridized carbons (Fsp3) is 0.222. The molecule has 0 aromatic rings. The molecule has 11 heavy (non-hydrogen) atoms. The number of hydrogen-bond donors (Lipinski definition) is 0. The monoisotopic (exact) mass is 147 g/mol. The summed E-state index contributed by atoms with van der Waals surface area (Å²) in [7, 11) is 0. The molecule has 0 fully saturated rings. The molecule has 1 aliphatic heterocycles. The normalized spacial score (nSPS) is 32.5. The predicted molar refractivity (Wildman–Crippen MR) is 44.6 cm³/mol. The highest BCUT2D eigenvalue weighted by atomic mass is 16.5. The minimum Gasteiger partial charge on any atom is -0.468 e. The van der Waals surface area contributed by atoms with E-state index in [9.17, 15) is 0 Å². The highest BCUT2D eigenvalue weighted by molar-refractivity contribution is 5.89. The van der Waals surface area contributed by atoms with E-state index in [0.29, 0.717) is 5.90 Å². The Hall–Kier alpha value is -1.31. The molecule has 0 N–H and O–H groups in total. The van der Waals surface area contributed by atoms with Crippen molar-refractivity contribution in [3.63, 3.8) is 0 Å². The van der Waals surface area contributed by atoms with E-state index in [-0.39, 0.29) is 12.1 Å². The quantitative estimate of drug-likeness (QED) is 0.550. The maximum Gasteiger partial charge on any atom is 0.209 e. The van der Waals surface area contributed by atoms with Gasteiger partial charge in [-0.3, -0.25) is 0 Å². The van der Waals surface area contributed by atoms with Crippen LogP contribution < -0.4 is 0 Å². The Bertz CT molecular complexity index is 263. The number of aliphatic imine (C=N–C) groups is 1. The molecule has 0 aromatic carbocycles. The van der Waals surface area contributed by atoms with Crippen molar-refractivity contribution in [3.8, 4) is 0 Å². The highest BCUT2D eigenvalue weighted by Gasteiger charge is 2.26. The van der Waals surface area contributed by atoms with E-state index in [1.54, 1.807) is 6.08 Å². The van der Waals surface area contributed by atoms with Crippen LogP contribution in [-0.4, -0.2) is 18.0 Å². The summed E-state index contributed by atoms with van der Waals surface area (Å²) in [6.07, 6.45) is 9.74. The van der Waals surface area contributed by atoms with Gasteiger partial charge in [-0.05, 0) is 12.2 Å². The van der Waals surface area contributed by atoms with Gasteiger partial charge in [0, 0.05) is 0 Å². The van der Waals surface area contributed by atoms with Crippen molar-refractivity contribution in [2.45, 2.75) is 12.1 Å². The Kier molecular flexibility index (Phi) is 1.39. The van der Waals surface area contributed by atoms with Gasteiger partial charge >= 0.3 is 0 Å². The largest absolute Gasteiger partial charge is 0.468 e. The number of rotatable bonds is 1. The topological polar surface area (TPSA) is 21.6 Å². The summed E-state index contributed by atoms with van der Waals surface area (Å²) in [5, 5.41) is 0. The van der Waals surface area contributed by atoms with Crippen LogP contribution in [0.3, 0.4) is 0 Å². The third-order valence-corrected chi connectivity index (χ3v) is 1.76. The lowest BCUT2D eigenvalue weighted by atomic mass is 10.1. The highest BCUT2D eigenvalue weighted by Crippen LogP contribution is 2.19. The van der Waals surface area contributed by atoms with Gasteiger partial charge < -0.3 is 4.74 Å². The van der Waals surface area contributed by atoms with Crippen molar-refractivity contribution in [2.75, 3.05) is 0 Å². The van der Waals surface area contributed by atoms with Crippen LogP contribution in [0, 0.1) is 0 Å². The Labute approximate surface area is 65.6 Å². The predicted octanol–water partition coefficient (Wildman–Crippen LogP) is 1.46. The first-order valence-electron chi connectivity index (χ1n) is 3.62. The van der Waals surface area contributed by atoms with E-state index in [4.69, 9.17) is 4.74 Å². The molecule has 2 nitrogen and oxygen atoms in total. The molecule has 1 aliphatic carbocycles. The molecule has 0 saturated heterocycles. The molecule has 2 atom stereocenters. The molecule has 0 saturated carbocycles. The number of allylic oxidation sites excluding steroid dienone is 2. The summed E-state index contributed by atoms with van der Waals surface area (Å²) in [4.78, 5) is 4.27. The van der Waals surface area contributed by atoms with Gasteiger partial charge in [-0.15, -0.1) is 0 Å². The fourth-order valence-corrected chi connectivity index (χ4v) is 1.22. The van der Waals surface area contributed by atoms with Gasteiger partial charge in [0.25, 0.3) is 0 Å². The van der Waals surface area contributed by atoms with Crippen molar-refractivity contribution in [3.05, 3.63) is 37.0 Å². The van der Waals surface area contributed by atoms with Gasteiger partial charge in [0.15, 0.2) is 0 Å². The van der Waals surface area contributed by atoms with Crippen LogP contribution in [0.15, 0.2) is 42.0 Å². The van der Waals surface area contributed by atoms with Crippen LogP contribution in [0.2, 0.25) is 0 Å². The Morgan fingerprint density at radius 1 is 1.45 bits per heavy atom. The smallest absolute Gasteiger partial charge is 0.209 e. The lowest BCUT2D eigenvalue weighted by molar-refractivity contribution is 0.256.